The van der Waals surface area contributed by atoms with Gasteiger partial charge in [-0.2, -0.15) is 5.10 Å². The molecule has 1 aliphatic carbocycles. The van der Waals surface area contributed by atoms with Gasteiger partial charge in [-0.1, -0.05) is 12.2 Å². The second kappa shape index (κ2) is 4.94. The Morgan fingerprint density at radius 2 is 2.28 bits per heavy atom. The van der Waals surface area contributed by atoms with Crippen LogP contribution in [-0.4, -0.2) is 28.7 Å². The second-order valence-corrected chi connectivity index (χ2v) is 4.86. The molecule has 1 heterocycles. The Labute approximate surface area is 107 Å². The molecule has 0 radical (unpaired) electrons. The van der Waals surface area contributed by atoms with Crippen LogP contribution in [0.15, 0.2) is 18.3 Å². The number of Topliss-reactive ketones (excluding diaryl/α,β-unsaturated/α-hetero) is 1. The molecule has 2 unspecified atom stereocenters. The van der Waals surface area contributed by atoms with Gasteiger partial charge in [0.05, 0.1) is 13.3 Å². The number of carbonyl (C=O) groups is 1. The number of hydrogen-bond acceptors (Lipinski definition) is 4. The Morgan fingerprint density at radius 3 is 2.78 bits per heavy atom. The third kappa shape index (κ3) is 2.18. The minimum Gasteiger partial charge on any atom is -0.493 e. The fraction of sp³-hybridized carbons (Fsp3) is 0.538. The molecule has 98 valence electrons. The van der Waals surface area contributed by atoms with Crippen LogP contribution < -0.4 is 10.5 Å². The molecular weight excluding hydrogens is 230 g/mol. The Kier molecular flexibility index (Phi) is 3.52. The van der Waals surface area contributed by atoms with Crippen molar-refractivity contribution in [3.05, 3.63) is 24.0 Å². The molecular formula is C13H19N3O2. The lowest BCUT2D eigenvalue weighted by molar-refractivity contribution is 0.0927. The number of methoxy groups -OCH3 is 1. The minimum atomic E-state index is -0.164. The molecule has 0 aliphatic heterocycles. The van der Waals surface area contributed by atoms with Gasteiger partial charge in [-0.15, -0.1) is 0 Å². The van der Waals surface area contributed by atoms with E-state index in [1.54, 1.807) is 18.0 Å². The highest BCUT2D eigenvalue weighted by Crippen LogP contribution is 2.28. The van der Waals surface area contributed by atoms with Crippen molar-refractivity contribution in [3.63, 3.8) is 0 Å². The Bertz CT molecular complexity index is 477. The quantitative estimate of drug-likeness (QED) is 0.649. The van der Waals surface area contributed by atoms with Gasteiger partial charge in [-0.05, 0) is 20.3 Å². The van der Waals surface area contributed by atoms with E-state index in [0.29, 0.717) is 17.9 Å². The van der Waals surface area contributed by atoms with Crippen LogP contribution >= 0.6 is 0 Å². The lowest BCUT2D eigenvalue weighted by Crippen LogP contribution is -2.22. The lowest BCUT2D eigenvalue weighted by atomic mass is 9.99. The highest BCUT2D eigenvalue weighted by Gasteiger charge is 2.29. The molecule has 2 N–H and O–H groups in total. The smallest absolute Gasteiger partial charge is 0.191 e. The number of hydrogen-bond donors (Lipinski definition) is 1. The topological polar surface area (TPSA) is 70.1 Å². The maximum absolute atomic E-state index is 12.5. The molecule has 0 spiro atoms. The van der Waals surface area contributed by atoms with Crippen LogP contribution in [0.25, 0.3) is 0 Å². The number of nitrogens with zero attached hydrogens (tertiary/aromatic N) is 2. The van der Waals surface area contributed by atoms with Gasteiger partial charge in [0.15, 0.2) is 11.5 Å². The molecule has 1 aromatic heterocycles. The van der Waals surface area contributed by atoms with Gasteiger partial charge in [-0.25, -0.2) is 0 Å². The van der Waals surface area contributed by atoms with Crippen molar-refractivity contribution >= 4 is 5.78 Å². The molecule has 0 aromatic carbocycles. The molecule has 5 nitrogen and oxygen atoms in total. The minimum absolute atomic E-state index is 0.0274. The van der Waals surface area contributed by atoms with Crippen molar-refractivity contribution in [1.29, 1.82) is 0 Å². The van der Waals surface area contributed by atoms with E-state index in [2.05, 4.69) is 5.10 Å². The number of aromatic nitrogens is 2. The number of carbonyl (C=O) groups excluding carboxylic acids is 1. The second-order valence-electron chi connectivity index (χ2n) is 4.86. The molecule has 0 amide bonds. The first-order valence-corrected chi connectivity index (χ1v) is 6.14. The summed E-state index contributed by atoms with van der Waals surface area (Å²) in [6.45, 7) is 3.97. The SMILES string of the molecule is COc1cnn(C(C)C)c1C(=O)C1C=CC(N)C1. The average Bonchev–Trinajstić information content (AvgIpc) is 2.93. The molecule has 1 aliphatic rings. The first kappa shape index (κ1) is 12.8. The van der Waals surface area contributed by atoms with Crippen LogP contribution in [0.4, 0.5) is 0 Å². The van der Waals surface area contributed by atoms with Crippen molar-refractivity contribution in [1.82, 2.24) is 9.78 Å². The van der Waals surface area contributed by atoms with E-state index >= 15 is 0 Å². The third-order valence-corrected chi connectivity index (χ3v) is 3.16. The summed E-state index contributed by atoms with van der Waals surface area (Å²) in [5, 5.41) is 4.21. The lowest BCUT2D eigenvalue weighted by Gasteiger charge is -2.14. The molecule has 2 rings (SSSR count). The first-order chi connectivity index (χ1) is 8.54. The maximum atomic E-state index is 12.5. The van der Waals surface area contributed by atoms with Crippen molar-refractivity contribution < 1.29 is 9.53 Å². The normalized spacial score (nSPS) is 22.7. The summed E-state index contributed by atoms with van der Waals surface area (Å²) in [5.74, 6) is 0.396. The molecule has 0 fully saturated rings. The van der Waals surface area contributed by atoms with E-state index in [1.165, 1.54) is 0 Å². The molecule has 0 saturated heterocycles. The summed E-state index contributed by atoms with van der Waals surface area (Å²) in [4.78, 5) is 12.5. The van der Waals surface area contributed by atoms with Gasteiger partial charge >= 0.3 is 0 Å². The Morgan fingerprint density at radius 1 is 1.56 bits per heavy atom. The summed E-state index contributed by atoms with van der Waals surface area (Å²) >= 11 is 0. The molecule has 2 atom stereocenters. The fourth-order valence-electron chi connectivity index (χ4n) is 2.22. The molecule has 0 bridgehead atoms. The van der Waals surface area contributed by atoms with Crippen molar-refractivity contribution in [2.45, 2.75) is 32.4 Å². The van der Waals surface area contributed by atoms with E-state index in [1.807, 2.05) is 26.0 Å². The number of ketones is 1. The number of allylic oxidation sites excluding steroid dienone is 1. The predicted molar refractivity (Wildman–Crippen MR) is 68.7 cm³/mol. The van der Waals surface area contributed by atoms with Gasteiger partial charge in [0.1, 0.15) is 5.69 Å². The molecule has 18 heavy (non-hydrogen) atoms. The summed E-state index contributed by atoms with van der Waals surface area (Å²) in [5.41, 5.74) is 6.33. The van der Waals surface area contributed by atoms with Gasteiger partial charge in [0.2, 0.25) is 0 Å². The summed E-state index contributed by atoms with van der Waals surface area (Å²) in [6, 6.07) is 0.0901. The summed E-state index contributed by atoms with van der Waals surface area (Å²) in [7, 11) is 1.55. The van der Waals surface area contributed by atoms with Crippen LogP contribution in [-0.2, 0) is 0 Å². The van der Waals surface area contributed by atoms with Crippen LogP contribution in [0.3, 0.4) is 0 Å². The van der Waals surface area contributed by atoms with E-state index in [4.69, 9.17) is 10.5 Å². The molecule has 1 aromatic rings. The van der Waals surface area contributed by atoms with Crippen molar-refractivity contribution in [3.8, 4) is 5.75 Å². The number of rotatable bonds is 4. The first-order valence-electron chi connectivity index (χ1n) is 6.14. The average molecular weight is 249 g/mol. The van der Waals surface area contributed by atoms with Gasteiger partial charge in [-0.3, -0.25) is 9.48 Å². The van der Waals surface area contributed by atoms with Crippen LogP contribution in [0, 0.1) is 5.92 Å². The van der Waals surface area contributed by atoms with Crippen LogP contribution in [0.2, 0.25) is 0 Å². The molecule has 0 saturated carbocycles. The van der Waals surface area contributed by atoms with E-state index < -0.39 is 0 Å². The van der Waals surface area contributed by atoms with Gasteiger partial charge in [0, 0.05) is 18.0 Å². The van der Waals surface area contributed by atoms with Gasteiger partial charge in [0.25, 0.3) is 0 Å². The Hall–Kier alpha value is -1.62. The summed E-state index contributed by atoms with van der Waals surface area (Å²) < 4.78 is 6.93. The summed E-state index contributed by atoms with van der Waals surface area (Å²) in [6.07, 6.45) is 6.01. The number of nitrogens with two attached hydrogens (primary N) is 1. The zero-order chi connectivity index (χ0) is 13.3. The standard InChI is InChI=1S/C13H19N3O2/c1-8(2)16-12(11(18-3)7-15-16)13(17)9-4-5-10(14)6-9/h4-5,7-10H,6,14H2,1-3H3. The monoisotopic (exact) mass is 249 g/mol. The van der Waals surface area contributed by atoms with E-state index in [9.17, 15) is 4.79 Å². The van der Waals surface area contributed by atoms with Crippen LogP contribution in [0.1, 0.15) is 36.8 Å². The highest BCUT2D eigenvalue weighted by atomic mass is 16.5. The van der Waals surface area contributed by atoms with E-state index in [0.717, 1.165) is 0 Å². The predicted octanol–water partition coefficient (Wildman–Crippen LogP) is 1.56. The number of ether oxygens (including phenoxy) is 1. The highest BCUT2D eigenvalue weighted by molar-refractivity contribution is 6.00. The largest absolute Gasteiger partial charge is 0.493 e. The van der Waals surface area contributed by atoms with Crippen molar-refractivity contribution in [2.24, 2.45) is 11.7 Å². The fourth-order valence-corrected chi connectivity index (χ4v) is 2.22. The maximum Gasteiger partial charge on any atom is 0.191 e. The zero-order valence-electron chi connectivity index (χ0n) is 11.0. The molecule has 5 heteroatoms. The zero-order valence-corrected chi connectivity index (χ0v) is 11.0. The van der Waals surface area contributed by atoms with Crippen LogP contribution in [0.5, 0.6) is 5.75 Å². The van der Waals surface area contributed by atoms with E-state index in [-0.39, 0.29) is 23.8 Å². The Balaban J connectivity index is 2.34. The van der Waals surface area contributed by atoms with Crippen molar-refractivity contribution in [2.75, 3.05) is 7.11 Å². The third-order valence-electron chi connectivity index (χ3n) is 3.16. The van der Waals surface area contributed by atoms with Gasteiger partial charge < -0.3 is 10.5 Å².